The van der Waals surface area contributed by atoms with E-state index in [1.807, 2.05) is 11.9 Å². The van der Waals surface area contributed by atoms with E-state index in [0.717, 1.165) is 28.4 Å². The van der Waals surface area contributed by atoms with Crippen molar-refractivity contribution < 1.29 is 24.2 Å². The van der Waals surface area contributed by atoms with Gasteiger partial charge in [-0.2, -0.15) is 0 Å². The lowest BCUT2D eigenvalue weighted by Gasteiger charge is -2.11. The van der Waals surface area contributed by atoms with Crippen molar-refractivity contribution in [3.05, 3.63) is 38.4 Å². The van der Waals surface area contributed by atoms with Gasteiger partial charge in [-0.15, -0.1) is 0 Å². The molecule has 0 amide bonds. The minimum Gasteiger partial charge on any atom is -0.466 e. The van der Waals surface area contributed by atoms with Crippen LogP contribution >= 0.6 is 0 Å². The van der Waals surface area contributed by atoms with E-state index in [4.69, 9.17) is 21.5 Å². The maximum absolute atomic E-state index is 12.6. The number of aliphatic hydroxyl groups excluding tert-OH is 1. The molecule has 2 radical (unpaired) electrons. The number of esters is 2. The van der Waals surface area contributed by atoms with Gasteiger partial charge < -0.3 is 14.6 Å². The molecule has 11 heteroatoms. The SMILES string of the molecule is [CH]CCC(C)CCCOC(=O)CCn1c(=O)[nH]c(=O)n(CCC(=O)OCCCC(C)CCO)c1=O. The average molecular weight is 498 g/mol. The lowest BCUT2D eigenvalue weighted by Crippen LogP contribution is -2.49. The van der Waals surface area contributed by atoms with Gasteiger partial charge in [-0.1, -0.05) is 20.3 Å². The Morgan fingerprint density at radius 1 is 0.857 bits per heavy atom. The van der Waals surface area contributed by atoms with Crippen LogP contribution in [0.3, 0.4) is 0 Å². The number of aromatic amines is 1. The molecular formula is C24H39N3O8. The van der Waals surface area contributed by atoms with E-state index < -0.39 is 29.0 Å². The topological polar surface area (TPSA) is 150 Å². The van der Waals surface area contributed by atoms with Crippen LogP contribution in [0.4, 0.5) is 0 Å². The smallest absolute Gasteiger partial charge is 0.336 e. The van der Waals surface area contributed by atoms with Crippen LogP contribution in [0.25, 0.3) is 0 Å². The second-order valence-electron chi connectivity index (χ2n) is 8.85. The molecule has 0 aliphatic heterocycles. The zero-order valence-corrected chi connectivity index (χ0v) is 20.8. The molecule has 0 aliphatic rings. The summed E-state index contributed by atoms with van der Waals surface area (Å²) in [5, 5.41) is 8.89. The van der Waals surface area contributed by atoms with E-state index in [9.17, 15) is 24.0 Å². The number of aromatic nitrogens is 3. The van der Waals surface area contributed by atoms with Crippen LogP contribution in [-0.2, 0) is 32.2 Å². The van der Waals surface area contributed by atoms with Crippen LogP contribution in [0.15, 0.2) is 14.4 Å². The third-order valence-corrected chi connectivity index (χ3v) is 5.74. The first-order valence-corrected chi connectivity index (χ1v) is 12.3. The number of nitrogens with one attached hydrogen (secondary N) is 1. The number of nitrogens with zero attached hydrogens (tertiary/aromatic N) is 2. The molecule has 0 fully saturated rings. The molecule has 1 heterocycles. The number of rotatable bonds is 18. The summed E-state index contributed by atoms with van der Waals surface area (Å²) in [5.74, 6) is -0.375. The Bertz CT molecular complexity index is 878. The number of H-pyrrole nitrogens is 1. The van der Waals surface area contributed by atoms with Crippen molar-refractivity contribution in [1.82, 2.24) is 14.1 Å². The van der Waals surface area contributed by atoms with Gasteiger partial charge >= 0.3 is 29.0 Å². The fourth-order valence-electron chi connectivity index (χ4n) is 3.52. The number of hydrogen-bond donors (Lipinski definition) is 2. The molecule has 2 unspecified atom stereocenters. The van der Waals surface area contributed by atoms with Crippen molar-refractivity contribution in [3.63, 3.8) is 0 Å². The number of aliphatic hydroxyl groups is 1. The summed E-state index contributed by atoms with van der Waals surface area (Å²) in [5.41, 5.74) is -2.77. The Kier molecular flexibility index (Phi) is 14.6. The molecule has 2 atom stereocenters. The molecule has 0 saturated heterocycles. The van der Waals surface area contributed by atoms with Crippen molar-refractivity contribution in [3.8, 4) is 0 Å². The van der Waals surface area contributed by atoms with Gasteiger partial charge in [0.05, 0.1) is 26.1 Å². The summed E-state index contributed by atoms with van der Waals surface area (Å²) in [7, 11) is 0. The molecule has 0 aliphatic carbocycles. The molecule has 0 saturated carbocycles. The largest absolute Gasteiger partial charge is 0.466 e. The first-order valence-electron chi connectivity index (χ1n) is 12.3. The van der Waals surface area contributed by atoms with E-state index >= 15 is 0 Å². The van der Waals surface area contributed by atoms with Crippen LogP contribution in [0.2, 0.25) is 0 Å². The molecule has 11 nitrogen and oxygen atoms in total. The Hall–Kier alpha value is -2.69. The Balaban J connectivity index is 2.54. The summed E-state index contributed by atoms with van der Waals surface area (Å²) >= 11 is 0. The Labute approximate surface area is 205 Å². The summed E-state index contributed by atoms with van der Waals surface area (Å²) in [6, 6.07) is 0. The number of carbonyl (C=O) groups excluding carboxylic acids is 2. The summed E-state index contributed by atoms with van der Waals surface area (Å²) in [6.07, 6.45) is 4.76. The molecule has 198 valence electrons. The highest BCUT2D eigenvalue weighted by atomic mass is 16.5. The van der Waals surface area contributed by atoms with Crippen LogP contribution in [0.5, 0.6) is 0 Å². The fourth-order valence-corrected chi connectivity index (χ4v) is 3.52. The minimum absolute atomic E-state index is 0.114. The second kappa shape index (κ2) is 16.9. The molecule has 1 aromatic rings. The highest BCUT2D eigenvalue weighted by Gasteiger charge is 2.14. The predicted octanol–water partition coefficient (Wildman–Crippen LogP) is 1.27. The van der Waals surface area contributed by atoms with E-state index in [0.29, 0.717) is 37.5 Å². The third kappa shape index (κ3) is 12.0. The summed E-state index contributed by atoms with van der Waals surface area (Å²) < 4.78 is 11.7. The van der Waals surface area contributed by atoms with E-state index in [2.05, 4.69) is 6.92 Å². The molecule has 0 bridgehead atoms. The average Bonchev–Trinajstić information content (AvgIpc) is 2.79. The standard InChI is InChI=1S/C24H39N3O8/c1-4-7-18(2)8-5-16-34-20(29)10-13-26-22(31)25-23(32)27(24(26)33)14-11-21(30)35-17-6-9-19(3)12-15-28/h1,18-19,28H,4-17H2,2-3H3,(H,25,31,32). The number of hydrogen-bond acceptors (Lipinski definition) is 8. The molecule has 1 aromatic heterocycles. The lowest BCUT2D eigenvalue weighted by atomic mass is 10.0. The normalized spacial score (nSPS) is 12.8. The van der Waals surface area contributed by atoms with Crippen molar-refractivity contribution in [2.45, 2.75) is 84.7 Å². The Morgan fingerprint density at radius 3 is 1.74 bits per heavy atom. The maximum Gasteiger partial charge on any atom is 0.336 e. The van der Waals surface area contributed by atoms with Gasteiger partial charge in [0.15, 0.2) is 0 Å². The van der Waals surface area contributed by atoms with Crippen molar-refractivity contribution in [1.29, 1.82) is 0 Å². The number of ether oxygens (including phenoxy) is 2. The zero-order chi connectivity index (χ0) is 26.2. The predicted molar refractivity (Wildman–Crippen MR) is 129 cm³/mol. The monoisotopic (exact) mass is 497 g/mol. The first kappa shape index (κ1) is 30.3. The lowest BCUT2D eigenvalue weighted by molar-refractivity contribution is -0.144. The van der Waals surface area contributed by atoms with Gasteiger partial charge in [0.2, 0.25) is 0 Å². The van der Waals surface area contributed by atoms with E-state index in [1.165, 1.54) is 0 Å². The van der Waals surface area contributed by atoms with Crippen LogP contribution < -0.4 is 17.1 Å². The van der Waals surface area contributed by atoms with Gasteiger partial charge in [0, 0.05) is 19.7 Å². The molecule has 2 N–H and O–H groups in total. The molecule has 0 aromatic carbocycles. The minimum atomic E-state index is -0.934. The van der Waals surface area contributed by atoms with Crippen LogP contribution in [0.1, 0.15) is 71.6 Å². The van der Waals surface area contributed by atoms with Gasteiger partial charge in [-0.05, 0) is 57.3 Å². The molecule has 35 heavy (non-hydrogen) atoms. The Morgan fingerprint density at radius 2 is 1.31 bits per heavy atom. The number of carbonyl (C=O) groups is 2. The molecular weight excluding hydrogens is 458 g/mol. The van der Waals surface area contributed by atoms with E-state index in [1.54, 1.807) is 0 Å². The molecule has 1 rings (SSSR count). The van der Waals surface area contributed by atoms with E-state index in [-0.39, 0.29) is 45.8 Å². The zero-order valence-electron chi connectivity index (χ0n) is 20.8. The third-order valence-electron chi connectivity index (χ3n) is 5.74. The van der Waals surface area contributed by atoms with Crippen molar-refractivity contribution in [2.75, 3.05) is 19.8 Å². The summed E-state index contributed by atoms with van der Waals surface area (Å²) in [6.45, 7) is 9.61. The highest BCUT2D eigenvalue weighted by Crippen LogP contribution is 2.12. The maximum atomic E-state index is 12.6. The summed E-state index contributed by atoms with van der Waals surface area (Å²) in [4.78, 5) is 62.7. The van der Waals surface area contributed by atoms with Crippen molar-refractivity contribution in [2.24, 2.45) is 11.8 Å². The van der Waals surface area contributed by atoms with Crippen LogP contribution in [-0.4, -0.2) is 51.0 Å². The van der Waals surface area contributed by atoms with Gasteiger partial charge in [0.25, 0.3) is 0 Å². The molecule has 0 spiro atoms. The fraction of sp³-hybridized carbons (Fsp3) is 0.750. The van der Waals surface area contributed by atoms with Gasteiger partial charge in [0.1, 0.15) is 0 Å². The highest BCUT2D eigenvalue weighted by molar-refractivity contribution is 5.69. The van der Waals surface area contributed by atoms with Gasteiger partial charge in [-0.3, -0.25) is 14.6 Å². The van der Waals surface area contributed by atoms with Gasteiger partial charge in [-0.25, -0.2) is 23.5 Å². The van der Waals surface area contributed by atoms with Crippen LogP contribution in [0, 0.1) is 18.8 Å². The quantitative estimate of drug-likeness (QED) is 0.227. The van der Waals surface area contributed by atoms with Crippen molar-refractivity contribution >= 4 is 11.9 Å². The first-order chi connectivity index (χ1) is 16.7. The second-order valence-corrected chi connectivity index (χ2v) is 8.85.